The summed E-state index contributed by atoms with van der Waals surface area (Å²) in [4.78, 5) is 20.5. The van der Waals surface area contributed by atoms with E-state index in [0.717, 1.165) is 30.2 Å². The van der Waals surface area contributed by atoms with E-state index < -0.39 is 0 Å². The molecule has 7 heteroatoms. The number of aliphatic imine (C=N–C) groups is 1. The molecule has 3 rings (SSSR count). The van der Waals surface area contributed by atoms with E-state index in [1.165, 1.54) is 6.26 Å². The smallest absolute Gasteiger partial charge is 0.291 e. The molecule has 0 aliphatic carbocycles. The van der Waals surface area contributed by atoms with Gasteiger partial charge in [-0.2, -0.15) is 0 Å². The number of benzene rings is 1. The van der Waals surface area contributed by atoms with E-state index in [2.05, 4.69) is 25.9 Å². The van der Waals surface area contributed by atoms with Crippen LogP contribution in [0.4, 0.5) is 5.69 Å². The Morgan fingerprint density at radius 2 is 1.93 bits per heavy atom. The SMILES string of the molecule is CN=C(NCCc1ccccn1)NCc1ccc(NC(=O)c2ccco2)cc1. The molecular weight excluding hydrogens is 354 g/mol. The maximum absolute atomic E-state index is 12.0. The van der Waals surface area contributed by atoms with Gasteiger partial charge in [0, 0.05) is 44.1 Å². The summed E-state index contributed by atoms with van der Waals surface area (Å²) < 4.78 is 5.08. The lowest BCUT2D eigenvalue weighted by Gasteiger charge is -2.12. The van der Waals surface area contributed by atoms with Crippen molar-refractivity contribution in [3.63, 3.8) is 0 Å². The van der Waals surface area contributed by atoms with E-state index in [1.54, 1.807) is 25.4 Å². The molecular formula is C21H23N5O2. The van der Waals surface area contributed by atoms with Crippen LogP contribution in [0.5, 0.6) is 0 Å². The van der Waals surface area contributed by atoms with E-state index >= 15 is 0 Å². The van der Waals surface area contributed by atoms with Crippen LogP contribution in [0.3, 0.4) is 0 Å². The zero-order chi connectivity index (χ0) is 19.6. The zero-order valence-corrected chi connectivity index (χ0v) is 15.7. The molecule has 0 bridgehead atoms. The van der Waals surface area contributed by atoms with Crippen molar-refractivity contribution < 1.29 is 9.21 Å². The molecule has 7 nitrogen and oxygen atoms in total. The molecule has 0 aliphatic rings. The Bertz CT molecular complexity index is 890. The molecule has 2 aromatic heterocycles. The van der Waals surface area contributed by atoms with Crippen molar-refractivity contribution in [2.75, 3.05) is 18.9 Å². The molecule has 1 amide bonds. The molecule has 0 saturated carbocycles. The summed E-state index contributed by atoms with van der Waals surface area (Å²) in [5.41, 5.74) is 2.82. The van der Waals surface area contributed by atoms with Crippen molar-refractivity contribution in [3.05, 3.63) is 84.1 Å². The first-order chi connectivity index (χ1) is 13.7. The lowest BCUT2D eigenvalue weighted by Crippen LogP contribution is -2.37. The number of nitrogens with zero attached hydrogens (tertiary/aromatic N) is 2. The van der Waals surface area contributed by atoms with Crippen molar-refractivity contribution in [3.8, 4) is 0 Å². The van der Waals surface area contributed by atoms with Crippen LogP contribution >= 0.6 is 0 Å². The van der Waals surface area contributed by atoms with Gasteiger partial charge in [0.25, 0.3) is 5.91 Å². The third-order valence-corrected chi connectivity index (χ3v) is 4.04. The Morgan fingerprint density at radius 3 is 2.61 bits per heavy atom. The molecule has 2 heterocycles. The minimum absolute atomic E-state index is 0.270. The number of anilines is 1. The van der Waals surface area contributed by atoms with Gasteiger partial charge in [-0.3, -0.25) is 14.8 Å². The fourth-order valence-electron chi connectivity index (χ4n) is 2.57. The molecule has 1 aromatic carbocycles. The van der Waals surface area contributed by atoms with Gasteiger partial charge in [-0.15, -0.1) is 0 Å². The molecule has 3 N–H and O–H groups in total. The van der Waals surface area contributed by atoms with Gasteiger partial charge in [-0.05, 0) is 42.0 Å². The van der Waals surface area contributed by atoms with Crippen LogP contribution < -0.4 is 16.0 Å². The van der Waals surface area contributed by atoms with Crippen LogP contribution in [0.2, 0.25) is 0 Å². The highest BCUT2D eigenvalue weighted by Gasteiger charge is 2.08. The van der Waals surface area contributed by atoms with Crippen LogP contribution in [0.1, 0.15) is 21.8 Å². The van der Waals surface area contributed by atoms with E-state index in [4.69, 9.17) is 4.42 Å². The third kappa shape index (κ3) is 5.70. The van der Waals surface area contributed by atoms with E-state index in [1.807, 2.05) is 42.5 Å². The molecule has 0 unspecified atom stereocenters. The number of pyridine rings is 1. The Hall–Kier alpha value is -3.61. The largest absolute Gasteiger partial charge is 0.459 e. The lowest BCUT2D eigenvalue weighted by atomic mass is 10.2. The molecule has 0 radical (unpaired) electrons. The standard InChI is InChI=1S/C21H23N5O2/c1-22-21(24-13-11-17-5-2-3-12-23-17)25-15-16-7-9-18(10-8-16)26-20(27)19-6-4-14-28-19/h2-10,12,14H,11,13,15H2,1H3,(H,26,27)(H2,22,24,25). The van der Waals surface area contributed by atoms with Gasteiger partial charge in [0.2, 0.25) is 0 Å². The molecule has 0 aliphatic heterocycles. The average Bonchev–Trinajstić information content (AvgIpc) is 3.27. The summed E-state index contributed by atoms with van der Waals surface area (Å²) in [7, 11) is 1.74. The quantitative estimate of drug-likeness (QED) is 0.435. The van der Waals surface area contributed by atoms with Crippen molar-refractivity contribution >= 4 is 17.6 Å². The summed E-state index contributed by atoms with van der Waals surface area (Å²) >= 11 is 0. The summed E-state index contributed by atoms with van der Waals surface area (Å²) in [5.74, 6) is 0.742. The minimum Gasteiger partial charge on any atom is -0.459 e. The van der Waals surface area contributed by atoms with Gasteiger partial charge < -0.3 is 20.4 Å². The average molecular weight is 377 g/mol. The number of amides is 1. The third-order valence-electron chi connectivity index (χ3n) is 4.04. The van der Waals surface area contributed by atoms with Crippen molar-refractivity contribution in [1.29, 1.82) is 0 Å². The number of hydrogen-bond donors (Lipinski definition) is 3. The van der Waals surface area contributed by atoms with Gasteiger partial charge in [0.1, 0.15) is 0 Å². The molecule has 28 heavy (non-hydrogen) atoms. The Labute approximate surface area is 163 Å². The fraction of sp³-hybridized carbons (Fsp3) is 0.190. The maximum Gasteiger partial charge on any atom is 0.291 e. The molecule has 144 valence electrons. The number of carbonyl (C=O) groups excluding carboxylic acids is 1. The van der Waals surface area contributed by atoms with Crippen LogP contribution in [0.25, 0.3) is 0 Å². The first kappa shape index (κ1) is 19.2. The zero-order valence-electron chi connectivity index (χ0n) is 15.7. The topological polar surface area (TPSA) is 91.5 Å². The summed E-state index contributed by atoms with van der Waals surface area (Å²) in [5, 5.41) is 9.34. The fourth-order valence-corrected chi connectivity index (χ4v) is 2.57. The monoisotopic (exact) mass is 377 g/mol. The van der Waals surface area contributed by atoms with Crippen LogP contribution in [0, 0.1) is 0 Å². The molecule has 3 aromatic rings. The number of furan rings is 1. The predicted octanol–water partition coefficient (Wildman–Crippen LogP) is 2.83. The molecule has 0 fully saturated rings. The molecule has 0 saturated heterocycles. The summed E-state index contributed by atoms with van der Waals surface area (Å²) in [6.07, 6.45) is 4.09. The maximum atomic E-state index is 12.0. The van der Waals surface area contributed by atoms with Gasteiger partial charge in [-0.25, -0.2) is 0 Å². The van der Waals surface area contributed by atoms with Gasteiger partial charge in [0.05, 0.1) is 6.26 Å². The number of nitrogens with one attached hydrogen (secondary N) is 3. The lowest BCUT2D eigenvalue weighted by molar-refractivity contribution is 0.0996. The van der Waals surface area contributed by atoms with E-state index in [-0.39, 0.29) is 11.7 Å². The predicted molar refractivity (Wildman–Crippen MR) is 109 cm³/mol. The van der Waals surface area contributed by atoms with Crippen molar-refractivity contribution in [1.82, 2.24) is 15.6 Å². The molecule has 0 atom stereocenters. The van der Waals surface area contributed by atoms with Crippen molar-refractivity contribution in [2.24, 2.45) is 4.99 Å². The first-order valence-electron chi connectivity index (χ1n) is 9.03. The Balaban J connectivity index is 1.43. The van der Waals surface area contributed by atoms with Crippen molar-refractivity contribution in [2.45, 2.75) is 13.0 Å². The second-order valence-electron chi connectivity index (χ2n) is 6.05. The van der Waals surface area contributed by atoms with Crippen LogP contribution in [-0.4, -0.2) is 30.4 Å². The number of hydrogen-bond acceptors (Lipinski definition) is 4. The Morgan fingerprint density at radius 1 is 1.07 bits per heavy atom. The number of aromatic nitrogens is 1. The first-order valence-corrected chi connectivity index (χ1v) is 9.03. The minimum atomic E-state index is -0.270. The second kappa shape index (κ2) is 9.91. The normalized spacial score (nSPS) is 11.1. The highest BCUT2D eigenvalue weighted by molar-refractivity contribution is 6.02. The second-order valence-corrected chi connectivity index (χ2v) is 6.05. The molecule has 0 spiro atoms. The summed E-state index contributed by atoms with van der Waals surface area (Å²) in [6.45, 7) is 1.37. The van der Waals surface area contributed by atoms with Gasteiger partial charge in [0.15, 0.2) is 11.7 Å². The number of rotatable bonds is 7. The van der Waals surface area contributed by atoms with E-state index in [0.29, 0.717) is 12.2 Å². The Kier molecular flexibility index (Phi) is 6.78. The highest BCUT2D eigenvalue weighted by Crippen LogP contribution is 2.11. The van der Waals surface area contributed by atoms with Crippen LogP contribution in [-0.2, 0) is 13.0 Å². The summed E-state index contributed by atoms with van der Waals surface area (Å²) in [6, 6.07) is 16.8. The number of carbonyl (C=O) groups is 1. The van der Waals surface area contributed by atoms with E-state index in [9.17, 15) is 4.79 Å². The highest BCUT2D eigenvalue weighted by atomic mass is 16.3. The van der Waals surface area contributed by atoms with Crippen LogP contribution in [0.15, 0.2) is 76.5 Å². The van der Waals surface area contributed by atoms with Gasteiger partial charge >= 0.3 is 0 Å². The van der Waals surface area contributed by atoms with Gasteiger partial charge in [-0.1, -0.05) is 18.2 Å². The number of guanidine groups is 1.